The van der Waals surface area contributed by atoms with Crippen molar-refractivity contribution in [2.45, 2.75) is 13.1 Å². The van der Waals surface area contributed by atoms with E-state index in [1.54, 1.807) is 14.2 Å². The molecule has 0 saturated carbocycles. The van der Waals surface area contributed by atoms with E-state index in [0.29, 0.717) is 0 Å². The molecule has 0 aliphatic carbocycles. The third kappa shape index (κ3) is 4.03. The van der Waals surface area contributed by atoms with Crippen LogP contribution >= 0.6 is 0 Å². The summed E-state index contributed by atoms with van der Waals surface area (Å²) in [5.74, 6) is 1.81. The molecule has 0 bridgehead atoms. The van der Waals surface area contributed by atoms with E-state index in [-0.39, 0.29) is 0 Å². The average Bonchev–Trinajstić information content (AvgIpc) is 3.03. The number of nitrogens with zero attached hydrogens (tertiary/aromatic N) is 2. The van der Waals surface area contributed by atoms with Crippen LogP contribution in [0.4, 0.5) is 0 Å². The molecule has 0 radical (unpaired) electrons. The van der Waals surface area contributed by atoms with Gasteiger partial charge in [-0.25, -0.2) is 0 Å². The lowest BCUT2D eigenvalue weighted by atomic mass is 10.2. The lowest BCUT2D eigenvalue weighted by Crippen LogP contribution is -2.18. The number of methoxy groups -OCH3 is 2. The first-order valence-corrected chi connectivity index (χ1v) is 7.86. The summed E-state index contributed by atoms with van der Waals surface area (Å²) in [6.45, 7) is 3.98. The molecule has 1 heterocycles. The van der Waals surface area contributed by atoms with E-state index in [1.807, 2.05) is 24.3 Å². The van der Waals surface area contributed by atoms with E-state index in [0.717, 1.165) is 37.7 Å². The molecule has 0 unspecified atom stereocenters. The second-order valence-electron chi connectivity index (χ2n) is 5.75. The van der Waals surface area contributed by atoms with Gasteiger partial charge in [-0.15, -0.1) is 0 Å². The molecular formula is C19H23N2O2+. The Labute approximate surface area is 137 Å². The van der Waals surface area contributed by atoms with Crippen LogP contribution in [0, 0.1) is 0 Å². The number of hydrogen-bond donors (Lipinski definition) is 0. The fourth-order valence-corrected chi connectivity index (χ4v) is 2.77. The molecule has 3 rings (SSSR count). The van der Waals surface area contributed by atoms with E-state index < -0.39 is 0 Å². The highest BCUT2D eigenvalue weighted by Gasteiger charge is 2.19. The monoisotopic (exact) mass is 311 g/mol. The molecule has 4 nitrogen and oxygen atoms in total. The van der Waals surface area contributed by atoms with Gasteiger partial charge in [-0.3, -0.25) is 9.48 Å². The quantitative estimate of drug-likeness (QED) is 0.767. The molecule has 0 fully saturated rings. The van der Waals surface area contributed by atoms with Gasteiger partial charge >= 0.3 is 0 Å². The largest absolute Gasteiger partial charge is 0.497 e. The van der Waals surface area contributed by atoms with Crippen LogP contribution in [0.15, 0.2) is 48.5 Å². The average molecular weight is 311 g/mol. The molecule has 1 aliphatic rings. The number of ether oxygens (including phenoxy) is 2. The van der Waals surface area contributed by atoms with Crippen molar-refractivity contribution >= 4 is 6.34 Å². The minimum Gasteiger partial charge on any atom is -0.497 e. The van der Waals surface area contributed by atoms with E-state index in [4.69, 9.17) is 9.47 Å². The van der Waals surface area contributed by atoms with Crippen molar-refractivity contribution in [2.24, 2.45) is 0 Å². The summed E-state index contributed by atoms with van der Waals surface area (Å²) in [5.41, 5.74) is 2.60. The molecule has 0 aromatic heterocycles. The van der Waals surface area contributed by atoms with Gasteiger partial charge in [0.1, 0.15) is 37.7 Å². The summed E-state index contributed by atoms with van der Waals surface area (Å²) in [6, 6.07) is 16.6. The lowest BCUT2D eigenvalue weighted by Gasteiger charge is -2.07. The number of rotatable bonds is 6. The maximum Gasteiger partial charge on any atom is 0.234 e. The van der Waals surface area contributed by atoms with E-state index >= 15 is 0 Å². The third-order valence-electron chi connectivity index (χ3n) is 4.09. The standard InChI is InChI=1S/C19H23N2O2/c1-22-18-7-3-16(4-8-18)13-20-11-12-21(15-20)14-17-5-9-19(23-2)10-6-17/h3-10,15H,11-14H2,1-2H3/q+1. The van der Waals surface area contributed by atoms with Crippen molar-refractivity contribution in [3.63, 3.8) is 0 Å². The molecular weight excluding hydrogens is 288 g/mol. The summed E-state index contributed by atoms with van der Waals surface area (Å²) in [4.78, 5) is 2.35. The van der Waals surface area contributed by atoms with Crippen molar-refractivity contribution in [1.29, 1.82) is 0 Å². The van der Waals surface area contributed by atoms with Crippen molar-refractivity contribution in [2.75, 3.05) is 27.3 Å². The minimum atomic E-state index is 0.903. The van der Waals surface area contributed by atoms with Gasteiger partial charge in [0.05, 0.1) is 14.2 Å². The molecule has 0 saturated heterocycles. The molecule has 2 aromatic rings. The van der Waals surface area contributed by atoms with Crippen LogP contribution < -0.4 is 9.47 Å². The van der Waals surface area contributed by atoms with Gasteiger partial charge in [-0.2, -0.15) is 0 Å². The highest BCUT2D eigenvalue weighted by molar-refractivity contribution is 5.50. The zero-order valence-corrected chi connectivity index (χ0v) is 13.7. The van der Waals surface area contributed by atoms with E-state index in [1.165, 1.54) is 11.1 Å². The maximum absolute atomic E-state index is 5.20. The molecule has 2 aromatic carbocycles. The fraction of sp³-hybridized carbons (Fsp3) is 0.316. The van der Waals surface area contributed by atoms with Crippen LogP contribution in [-0.2, 0) is 13.1 Å². The maximum atomic E-state index is 5.20. The van der Waals surface area contributed by atoms with Gasteiger partial charge in [0, 0.05) is 0 Å². The molecule has 4 heteroatoms. The second kappa shape index (κ2) is 7.18. The van der Waals surface area contributed by atoms with Gasteiger partial charge in [-0.05, 0) is 35.4 Å². The first-order chi connectivity index (χ1) is 11.3. The Morgan fingerprint density at radius 1 is 0.870 bits per heavy atom. The first kappa shape index (κ1) is 15.4. The Kier molecular flexibility index (Phi) is 4.81. The Bertz CT molecular complexity index is 663. The fourth-order valence-electron chi connectivity index (χ4n) is 2.77. The van der Waals surface area contributed by atoms with Crippen LogP contribution in [0.1, 0.15) is 11.1 Å². The number of hydrogen-bond acceptors (Lipinski definition) is 3. The topological polar surface area (TPSA) is 24.7 Å². The SMILES string of the molecule is COc1ccc(CN2C=[N+](Cc3ccc(OC)cc3)CC2)cc1. The Morgan fingerprint density at radius 3 is 2.00 bits per heavy atom. The third-order valence-corrected chi connectivity index (χ3v) is 4.09. The molecule has 0 amide bonds. The van der Waals surface area contributed by atoms with Crippen LogP contribution in [0.2, 0.25) is 0 Å². The van der Waals surface area contributed by atoms with Gasteiger partial charge in [0.2, 0.25) is 6.34 Å². The zero-order valence-electron chi connectivity index (χ0n) is 13.7. The zero-order chi connectivity index (χ0) is 16.1. The predicted molar refractivity (Wildman–Crippen MR) is 91.3 cm³/mol. The smallest absolute Gasteiger partial charge is 0.234 e. The Morgan fingerprint density at radius 2 is 1.43 bits per heavy atom. The second-order valence-corrected chi connectivity index (χ2v) is 5.75. The molecule has 0 atom stereocenters. The van der Waals surface area contributed by atoms with Crippen LogP contribution in [0.25, 0.3) is 0 Å². The lowest BCUT2D eigenvalue weighted by molar-refractivity contribution is -0.530. The highest BCUT2D eigenvalue weighted by atomic mass is 16.5. The van der Waals surface area contributed by atoms with Crippen molar-refractivity contribution in [3.05, 3.63) is 59.7 Å². The van der Waals surface area contributed by atoms with Crippen LogP contribution in [0.5, 0.6) is 11.5 Å². The molecule has 0 N–H and O–H groups in total. The molecule has 120 valence electrons. The van der Waals surface area contributed by atoms with Crippen molar-refractivity contribution in [1.82, 2.24) is 4.90 Å². The van der Waals surface area contributed by atoms with Crippen LogP contribution in [-0.4, -0.2) is 43.1 Å². The van der Waals surface area contributed by atoms with Gasteiger partial charge in [0.15, 0.2) is 0 Å². The van der Waals surface area contributed by atoms with Gasteiger partial charge in [-0.1, -0.05) is 24.3 Å². The first-order valence-electron chi connectivity index (χ1n) is 7.86. The number of benzene rings is 2. The molecule has 0 spiro atoms. The van der Waals surface area contributed by atoms with Crippen LogP contribution in [0.3, 0.4) is 0 Å². The minimum absolute atomic E-state index is 0.903. The Balaban J connectivity index is 1.58. The predicted octanol–water partition coefficient (Wildman–Crippen LogP) is 2.76. The van der Waals surface area contributed by atoms with E-state index in [9.17, 15) is 0 Å². The van der Waals surface area contributed by atoms with Crippen molar-refractivity contribution in [3.8, 4) is 11.5 Å². The summed E-state index contributed by atoms with van der Waals surface area (Å²) in [6.07, 6.45) is 2.23. The van der Waals surface area contributed by atoms with E-state index in [2.05, 4.69) is 40.1 Å². The van der Waals surface area contributed by atoms with Crippen molar-refractivity contribution < 1.29 is 14.0 Å². The van der Waals surface area contributed by atoms with Gasteiger partial charge in [0.25, 0.3) is 0 Å². The molecule has 23 heavy (non-hydrogen) atoms. The molecule has 1 aliphatic heterocycles. The summed E-state index contributed by atoms with van der Waals surface area (Å²) in [5, 5.41) is 0. The Hall–Kier alpha value is -2.49. The summed E-state index contributed by atoms with van der Waals surface area (Å²) < 4.78 is 12.8. The normalized spacial score (nSPS) is 13.8. The van der Waals surface area contributed by atoms with Gasteiger partial charge < -0.3 is 9.47 Å². The summed E-state index contributed by atoms with van der Waals surface area (Å²) >= 11 is 0. The summed E-state index contributed by atoms with van der Waals surface area (Å²) in [7, 11) is 3.39. The highest BCUT2D eigenvalue weighted by Crippen LogP contribution is 2.15.